The minimum atomic E-state index is -1.49. The Labute approximate surface area is 206 Å². The van der Waals surface area contributed by atoms with E-state index in [-0.39, 0.29) is 38.0 Å². The van der Waals surface area contributed by atoms with E-state index in [2.05, 4.69) is 10.7 Å². The Hall–Kier alpha value is -2.99. The van der Waals surface area contributed by atoms with Crippen molar-refractivity contribution in [1.82, 2.24) is 9.72 Å². The minimum Gasteiger partial charge on any atom is -0.477 e. The number of nitrogens with two attached hydrogens (primary N) is 1. The van der Waals surface area contributed by atoms with Gasteiger partial charge in [-0.1, -0.05) is 18.5 Å². The first kappa shape index (κ1) is 23.7. The smallest absolute Gasteiger partial charge is 0.342 e. The molecule has 4 aromatic rings. The van der Waals surface area contributed by atoms with Crippen molar-refractivity contribution in [2.24, 2.45) is 11.8 Å². The summed E-state index contributed by atoms with van der Waals surface area (Å²) in [7, 11) is 0. The summed E-state index contributed by atoms with van der Waals surface area (Å²) >= 11 is 7.79. The molecule has 1 unspecified atom stereocenters. The van der Waals surface area contributed by atoms with Gasteiger partial charge in [0.05, 0.1) is 31.8 Å². The Morgan fingerprint density at radius 1 is 1.37 bits per heavy atom. The highest BCUT2D eigenvalue weighted by Crippen LogP contribution is 2.44. The van der Waals surface area contributed by atoms with Gasteiger partial charge in [-0.25, -0.2) is 13.6 Å². The van der Waals surface area contributed by atoms with Crippen molar-refractivity contribution in [3.63, 3.8) is 0 Å². The van der Waals surface area contributed by atoms with Gasteiger partial charge in [-0.05, 0) is 43.6 Å². The summed E-state index contributed by atoms with van der Waals surface area (Å²) in [4.78, 5) is 27.4. The average molecular weight is 522 g/mol. The lowest BCUT2D eigenvalue weighted by Crippen LogP contribution is -2.28. The van der Waals surface area contributed by atoms with Gasteiger partial charge in [0.2, 0.25) is 5.43 Å². The highest BCUT2D eigenvalue weighted by atomic mass is 35.5. The number of anilines is 2. The van der Waals surface area contributed by atoms with Crippen LogP contribution in [0.25, 0.3) is 25.9 Å². The van der Waals surface area contributed by atoms with Gasteiger partial charge in [-0.2, -0.15) is 0 Å². The van der Waals surface area contributed by atoms with E-state index >= 15 is 4.39 Å². The van der Waals surface area contributed by atoms with E-state index in [0.29, 0.717) is 23.3 Å². The number of thiazole rings is 1. The molecule has 0 radical (unpaired) electrons. The van der Waals surface area contributed by atoms with Crippen LogP contribution in [0.2, 0.25) is 5.02 Å². The SMILES string of the molecule is CCNCC1CCN(c2c(F)c(NN)c3c(=O)c(C(=O)O)c4sc5cc(F)ccc5n4c3c2Cl)C1. The summed E-state index contributed by atoms with van der Waals surface area (Å²) in [5, 5.41) is 12.8. The van der Waals surface area contributed by atoms with E-state index in [1.165, 1.54) is 22.6 Å². The van der Waals surface area contributed by atoms with Crippen molar-refractivity contribution in [3.05, 3.63) is 50.6 Å². The lowest BCUT2D eigenvalue weighted by atomic mass is 10.1. The van der Waals surface area contributed by atoms with E-state index in [9.17, 15) is 19.1 Å². The predicted molar refractivity (Wildman–Crippen MR) is 135 cm³/mol. The molecule has 1 saturated heterocycles. The van der Waals surface area contributed by atoms with Crippen LogP contribution in [0, 0.1) is 17.6 Å². The van der Waals surface area contributed by atoms with Crippen LogP contribution >= 0.6 is 22.9 Å². The molecule has 0 amide bonds. The van der Waals surface area contributed by atoms with Crippen molar-refractivity contribution in [1.29, 1.82) is 0 Å². The lowest BCUT2D eigenvalue weighted by molar-refractivity contribution is 0.0697. The second kappa shape index (κ2) is 8.90. The fraction of sp³-hybridized carbons (Fsp3) is 0.304. The molecule has 5 N–H and O–H groups in total. The number of aromatic nitrogens is 1. The first-order valence-electron chi connectivity index (χ1n) is 11.0. The van der Waals surface area contributed by atoms with Gasteiger partial charge < -0.3 is 20.7 Å². The Morgan fingerprint density at radius 3 is 2.83 bits per heavy atom. The molecule has 2 aromatic carbocycles. The maximum Gasteiger partial charge on any atom is 0.342 e. The second-order valence-electron chi connectivity index (χ2n) is 8.49. The first-order valence-corrected chi connectivity index (χ1v) is 12.2. The summed E-state index contributed by atoms with van der Waals surface area (Å²) in [6.07, 6.45) is 0.820. The number of pyridine rings is 1. The number of carboxylic acid groups (broad SMARTS) is 1. The number of fused-ring (bicyclic) bond motifs is 5. The van der Waals surface area contributed by atoms with Crippen molar-refractivity contribution < 1.29 is 18.7 Å². The molecule has 0 saturated carbocycles. The maximum absolute atomic E-state index is 15.9. The molecule has 1 aliphatic heterocycles. The summed E-state index contributed by atoms with van der Waals surface area (Å²) in [6, 6.07) is 3.95. The Bertz CT molecular complexity index is 1570. The zero-order valence-electron chi connectivity index (χ0n) is 18.6. The highest BCUT2D eigenvalue weighted by Gasteiger charge is 2.33. The van der Waals surface area contributed by atoms with E-state index in [0.717, 1.165) is 30.8 Å². The van der Waals surface area contributed by atoms with Gasteiger partial charge in [-0.15, -0.1) is 11.3 Å². The molecule has 12 heteroatoms. The molecule has 1 fully saturated rings. The molecule has 5 rings (SSSR count). The zero-order valence-corrected chi connectivity index (χ0v) is 20.2. The van der Waals surface area contributed by atoms with Gasteiger partial charge in [0.25, 0.3) is 0 Å². The molecule has 2 aromatic heterocycles. The third-order valence-electron chi connectivity index (χ3n) is 6.44. The van der Waals surface area contributed by atoms with Crippen molar-refractivity contribution in [3.8, 4) is 0 Å². The van der Waals surface area contributed by atoms with E-state index in [4.69, 9.17) is 17.4 Å². The van der Waals surface area contributed by atoms with Gasteiger partial charge in [0.15, 0.2) is 5.82 Å². The number of nitrogen functional groups attached to an aromatic ring is 1. The summed E-state index contributed by atoms with van der Waals surface area (Å²) < 4.78 is 31.7. The number of hydrazine groups is 1. The van der Waals surface area contributed by atoms with Crippen LogP contribution in [0.1, 0.15) is 23.7 Å². The van der Waals surface area contributed by atoms with Gasteiger partial charge in [0, 0.05) is 13.1 Å². The van der Waals surface area contributed by atoms with E-state index in [1.807, 2.05) is 11.8 Å². The van der Waals surface area contributed by atoms with E-state index < -0.39 is 28.6 Å². The number of aromatic carboxylic acids is 1. The minimum absolute atomic E-state index is 0.0336. The molecule has 0 bridgehead atoms. The molecule has 0 aliphatic carbocycles. The molecule has 35 heavy (non-hydrogen) atoms. The molecule has 8 nitrogen and oxygen atoms in total. The van der Waals surface area contributed by atoms with E-state index in [1.54, 1.807) is 0 Å². The van der Waals surface area contributed by atoms with Crippen LogP contribution < -0.4 is 26.9 Å². The number of benzene rings is 2. The van der Waals surface area contributed by atoms with Crippen LogP contribution in [0.15, 0.2) is 23.0 Å². The fourth-order valence-electron chi connectivity index (χ4n) is 4.87. The molecular weight excluding hydrogens is 500 g/mol. The normalized spacial score (nSPS) is 16.1. The number of nitrogens with zero attached hydrogens (tertiary/aromatic N) is 2. The summed E-state index contributed by atoms with van der Waals surface area (Å²) in [5.74, 6) is 3.12. The Kier molecular flexibility index (Phi) is 6.04. The van der Waals surface area contributed by atoms with Crippen LogP contribution in [0.5, 0.6) is 0 Å². The van der Waals surface area contributed by atoms with Gasteiger partial charge in [-0.3, -0.25) is 15.0 Å². The van der Waals surface area contributed by atoms with Crippen LogP contribution in [0.3, 0.4) is 0 Å². The molecule has 3 heterocycles. The van der Waals surface area contributed by atoms with Gasteiger partial charge in [0.1, 0.15) is 21.9 Å². The van der Waals surface area contributed by atoms with Crippen LogP contribution in [-0.4, -0.2) is 41.7 Å². The summed E-state index contributed by atoms with van der Waals surface area (Å²) in [6.45, 7) is 4.69. The number of rotatable bonds is 6. The number of hydrogen-bond donors (Lipinski definition) is 4. The fourth-order valence-corrected chi connectivity index (χ4v) is 6.46. The largest absolute Gasteiger partial charge is 0.477 e. The van der Waals surface area contributed by atoms with Gasteiger partial charge >= 0.3 is 5.97 Å². The van der Waals surface area contributed by atoms with Crippen molar-refractivity contribution >= 4 is 66.2 Å². The number of hydrogen-bond acceptors (Lipinski definition) is 7. The highest BCUT2D eigenvalue weighted by molar-refractivity contribution is 7.24. The number of carboxylic acids is 1. The molecule has 0 spiro atoms. The number of halogens is 3. The number of nitrogens with one attached hydrogen (secondary N) is 2. The Balaban J connectivity index is 1.90. The maximum atomic E-state index is 15.9. The standard InChI is InChI=1S/C23H22ClF2N5O3S/c1-2-28-8-10-5-6-30(9-10)20-16(24)19-14(18(29-27)17(20)26)21(32)15(23(33)34)22-31(19)12-4-3-11(25)7-13(12)35-22/h3-4,7,10,28-29H,2,5-6,8-9,27H2,1H3,(H,33,34). The van der Waals surface area contributed by atoms with Crippen molar-refractivity contribution in [2.75, 3.05) is 36.5 Å². The van der Waals surface area contributed by atoms with Crippen molar-refractivity contribution in [2.45, 2.75) is 13.3 Å². The quantitative estimate of drug-likeness (QED) is 0.224. The topological polar surface area (TPSA) is 112 Å². The second-order valence-corrected chi connectivity index (χ2v) is 9.90. The lowest BCUT2D eigenvalue weighted by Gasteiger charge is -2.24. The third-order valence-corrected chi connectivity index (χ3v) is 7.92. The van der Waals surface area contributed by atoms with Crippen LogP contribution in [-0.2, 0) is 0 Å². The average Bonchev–Trinajstić information content (AvgIpc) is 3.42. The Morgan fingerprint density at radius 2 is 2.14 bits per heavy atom. The summed E-state index contributed by atoms with van der Waals surface area (Å²) in [5.41, 5.74) is 1.08. The first-order chi connectivity index (χ1) is 16.8. The molecule has 1 aliphatic rings. The predicted octanol–water partition coefficient (Wildman–Crippen LogP) is 4.02. The molecule has 184 valence electrons. The zero-order chi connectivity index (χ0) is 25.0. The molecular formula is C23H22ClF2N5O3S. The van der Waals surface area contributed by atoms with Crippen LogP contribution in [0.4, 0.5) is 20.2 Å². The molecule has 1 atom stereocenters. The monoisotopic (exact) mass is 521 g/mol. The number of carbonyl (C=O) groups is 1. The third kappa shape index (κ3) is 3.61.